The van der Waals surface area contributed by atoms with E-state index in [0.29, 0.717) is 68.7 Å². The lowest BCUT2D eigenvalue weighted by atomic mass is 9.95. The Morgan fingerprint density at radius 2 is 1.82 bits per heavy atom. The van der Waals surface area contributed by atoms with Crippen molar-refractivity contribution in [2.45, 2.75) is 32.2 Å². The zero-order chi connectivity index (χ0) is 27.2. The van der Waals surface area contributed by atoms with Gasteiger partial charge in [-0.15, -0.1) is 5.10 Å². The molecule has 0 saturated carbocycles. The first-order valence-corrected chi connectivity index (χ1v) is 11.9. The predicted molar refractivity (Wildman–Crippen MR) is 132 cm³/mol. The van der Waals surface area contributed by atoms with Crippen LogP contribution in [0.3, 0.4) is 0 Å². The zero-order valence-electron chi connectivity index (χ0n) is 20.7. The van der Waals surface area contributed by atoms with Crippen LogP contribution in [-0.4, -0.2) is 78.3 Å². The summed E-state index contributed by atoms with van der Waals surface area (Å²) in [4.78, 5) is 12.8. The predicted octanol–water partition coefficient (Wildman–Crippen LogP) is 2.16. The molecule has 1 fully saturated rings. The molecule has 3 aromatic heterocycles. The van der Waals surface area contributed by atoms with Gasteiger partial charge in [-0.25, -0.2) is 9.07 Å². The van der Waals surface area contributed by atoms with E-state index in [9.17, 15) is 22.7 Å². The number of piperazine rings is 1. The standard InChI is InChI=1S/C24H25F4N9O/c1-3-4-19-31-21-16-14-30-36(20(16)32-22(29)37(21)33-19)12-9-34-7-10-35(11-8-34)18-6-5-15(13-17(18)25)23(2,38)24(26,27)28/h5-6,13-14,38H,7-12H2,1-2H3,(H2,29,32). The Kier molecular flexibility index (Phi) is 6.36. The van der Waals surface area contributed by atoms with Gasteiger partial charge in [0.25, 0.3) is 0 Å². The van der Waals surface area contributed by atoms with Crippen LogP contribution < -0.4 is 10.6 Å². The van der Waals surface area contributed by atoms with Crippen LogP contribution in [0.15, 0.2) is 24.4 Å². The molecule has 3 N–H and O–H groups in total. The molecule has 1 saturated heterocycles. The Hall–Kier alpha value is -3.96. The van der Waals surface area contributed by atoms with Crippen molar-refractivity contribution in [2.24, 2.45) is 0 Å². The number of alkyl halides is 3. The number of nitrogens with two attached hydrogens (primary N) is 1. The molecule has 5 rings (SSSR count). The molecule has 1 unspecified atom stereocenters. The minimum Gasteiger partial charge on any atom is -0.376 e. The fraction of sp³-hybridized carbons (Fsp3) is 0.417. The van der Waals surface area contributed by atoms with Gasteiger partial charge in [-0.1, -0.05) is 12.0 Å². The Balaban J connectivity index is 1.24. The van der Waals surface area contributed by atoms with Crippen LogP contribution in [0.1, 0.15) is 25.2 Å². The van der Waals surface area contributed by atoms with Crippen LogP contribution in [0.2, 0.25) is 0 Å². The van der Waals surface area contributed by atoms with Crippen LogP contribution in [0.25, 0.3) is 16.7 Å². The van der Waals surface area contributed by atoms with Crippen molar-refractivity contribution in [1.29, 1.82) is 0 Å². The molecule has 1 aliphatic rings. The van der Waals surface area contributed by atoms with E-state index in [0.717, 1.165) is 12.1 Å². The van der Waals surface area contributed by atoms with E-state index in [-0.39, 0.29) is 11.6 Å². The van der Waals surface area contributed by atoms with E-state index in [2.05, 4.69) is 36.9 Å². The van der Waals surface area contributed by atoms with Gasteiger partial charge >= 0.3 is 6.18 Å². The molecule has 0 amide bonds. The first kappa shape index (κ1) is 25.7. The number of hydrogen-bond acceptors (Lipinski definition) is 8. The number of anilines is 2. The zero-order valence-corrected chi connectivity index (χ0v) is 20.7. The van der Waals surface area contributed by atoms with Crippen molar-refractivity contribution in [3.8, 4) is 11.8 Å². The average molecular weight is 532 g/mol. The summed E-state index contributed by atoms with van der Waals surface area (Å²) in [5, 5.41) is 19.2. The number of halogens is 4. The highest BCUT2D eigenvalue weighted by atomic mass is 19.4. The molecule has 0 aliphatic carbocycles. The average Bonchev–Trinajstić information content (AvgIpc) is 3.47. The van der Waals surface area contributed by atoms with Crippen LogP contribution in [0, 0.1) is 17.7 Å². The van der Waals surface area contributed by atoms with Crippen molar-refractivity contribution in [1.82, 2.24) is 34.3 Å². The third-order valence-corrected chi connectivity index (χ3v) is 6.74. The Bertz CT molecular complexity index is 1560. The topological polar surface area (TPSA) is 114 Å². The summed E-state index contributed by atoms with van der Waals surface area (Å²) < 4.78 is 57.2. The largest absolute Gasteiger partial charge is 0.421 e. The van der Waals surface area contributed by atoms with Crippen molar-refractivity contribution >= 4 is 28.3 Å². The number of aromatic nitrogens is 6. The van der Waals surface area contributed by atoms with E-state index in [1.54, 1.807) is 22.7 Å². The molecule has 0 radical (unpaired) electrons. The van der Waals surface area contributed by atoms with Gasteiger partial charge in [-0.3, -0.25) is 4.90 Å². The molecule has 38 heavy (non-hydrogen) atoms. The summed E-state index contributed by atoms with van der Waals surface area (Å²) in [7, 11) is 0. The van der Waals surface area contributed by atoms with E-state index in [1.165, 1.54) is 10.6 Å². The third-order valence-electron chi connectivity index (χ3n) is 6.74. The van der Waals surface area contributed by atoms with Crippen LogP contribution in [0.5, 0.6) is 0 Å². The highest BCUT2D eigenvalue weighted by molar-refractivity contribution is 5.89. The van der Waals surface area contributed by atoms with Crippen LogP contribution >= 0.6 is 0 Å². The van der Waals surface area contributed by atoms with E-state index < -0.39 is 23.2 Å². The van der Waals surface area contributed by atoms with Gasteiger partial charge in [0.15, 0.2) is 16.9 Å². The van der Waals surface area contributed by atoms with Gasteiger partial charge in [0, 0.05) is 32.7 Å². The molecular formula is C24H25F4N9O. The molecule has 0 spiro atoms. The molecule has 1 aromatic carbocycles. The number of rotatable bonds is 5. The lowest BCUT2D eigenvalue weighted by Crippen LogP contribution is -2.47. The lowest BCUT2D eigenvalue weighted by Gasteiger charge is -2.36. The minimum atomic E-state index is -4.91. The molecule has 4 heterocycles. The maximum absolute atomic E-state index is 14.7. The number of hydrogen-bond donors (Lipinski definition) is 2. The second-order valence-electron chi connectivity index (χ2n) is 9.19. The van der Waals surface area contributed by atoms with E-state index in [1.807, 2.05) is 0 Å². The molecule has 10 nitrogen and oxygen atoms in total. The van der Waals surface area contributed by atoms with Crippen molar-refractivity contribution < 1.29 is 22.7 Å². The monoisotopic (exact) mass is 531 g/mol. The summed E-state index contributed by atoms with van der Waals surface area (Å²) in [6.07, 6.45) is -3.25. The molecule has 0 bridgehead atoms. The minimum absolute atomic E-state index is 0.171. The summed E-state index contributed by atoms with van der Waals surface area (Å²) in [5.41, 5.74) is 3.71. The Morgan fingerprint density at radius 1 is 1.08 bits per heavy atom. The molecule has 200 valence electrons. The summed E-state index contributed by atoms with van der Waals surface area (Å²) >= 11 is 0. The van der Waals surface area contributed by atoms with Gasteiger partial charge in [0.1, 0.15) is 5.82 Å². The maximum Gasteiger partial charge on any atom is 0.421 e. The van der Waals surface area contributed by atoms with Gasteiger partial charge in [-0.2, -0.15) is 32.8 Å². The number of nitrogens with zero attached hydrogens (tertiary/aromatic N) is 8. The Labute approximate surface area is 214 Å². The first-order chi connectivity index (χ1) is 18.0. The normalized spacial score (nSPS) is 16.6. The second-order valence-corrected chi connectivity index (χ2v) is 9.19. The van der Waals surface area contributed by atoms with Gasteiger partial charge in [0.2, 0.25) is 11.8 Å². The van der Waals surface area contributed by atoms with Gasteiger partial charge in [0.05, 0.1) is 23.8 Å². The fourth-order valence-corrected chi connectivity index (χ4v) is 4.46. The lowest BCUT2D eigenvalue weighted by molar-refractivity contribution is -0.258. The van der Waals surface area contributed by atoms with Crippen molar-refractivity contribution in [3.05, 3.63) is 41.6 Å². The SMILES string of the molecule is CC#Cc1nc2c3cnn(CCN4CCN(c5ccc(C(C)(O)C(F)(F)F)cc5F)CC4)c3nc(N)n2n1. The molecular weight excluding hydrogens is 506 g/mol. The van der Waals surface area contributed by atoms with Gasteiger partial charge < -0.3 is 15.7 Å². The molecule has 1 atom stereocenters. The highest BCUT2D eigenvalue weighted by Gasteiger charge is 2.51. The fourth-order valence-electron chi connectivity index (χ4n) is 4.46. The van der Waals surface area contributed by atoms with Crippen LogP contribution in [0.4, 0.5) is 29.2 Å². The quantitative estimate of drug-likeness (QED) is 0.298. The number of aliphatic hydroxyl groups is 1. The smallest absolute Gasteiger partial charge is 0.376 e. The number of nitrogen functional groups attached to an aromatic ring is 1. The molecule has 1 aliphatic heterocycles. The van der Waals surface area contributed by atoms with Gasteiger partial charge in [-0.05, 0) is 37.5 Å². The number of benzene rings is 1. The summed E-state index contributed by atoms with van der Waals surface area (Å²) in [6, 6.07) is 3.15. The van der Waals surface area contributed by atoms with Crippen molar-refractivity contribution in [3.63, 3.8) is 0 Å². The third kappa shape index (κ3) is 4.48. The summed E-state index contributed by atoms with van der Waals surface area (Å²) in [6.45, 7) is 5.67. The number of fused-ring (bicyclic) bond motifs is 3. The van der Waals surface area contributed by atoms with Crippen molar-refractivity contribution in [2.75, 3.05) is 43.4 Å². The molecule has 14 heteroatoms. The van der Waals surface area contributed by atoms with E-state index >= 15 is 0 Å². The van der Waals surface area contributed by atoms with E-state index in [4.69, 9.17) is 5.73 Å². The first-order valence-electron chi connectivity index (χ1n) is 11.9. The second kappa shape index (κ2) is 9.41. The van der Waals surface area contributed by atoms with Crippen LogP contribution in [-0.2, 0) is 12.1 Å². The highest BCUT2D eigenvalue weighted by Crippen LogP contribution is 2.39. The Morgan fingerprint density at radius 3 is 2.47 bits per heavy atom. The summed E-state index contributed by atoms with van der Waals surface area (Å²) in [5.74, 6) is 5.27. The maximum atomic E-state index is 14.7. The molecule has 4 aromatic rings.